The average Bonchev–Trinajstić information content (AvgIpc) is 3.27. The summed E-state index contributed by atoms with van der Waals surface area (Å²) in [4.78, 5) is 38.4. The maximum atomic E-state index is 13.6. The molecule has 34 heavy (non-hydrogen) atoms. The summed E-state index contributed by atoms with van der Waals surface area (Å²) in [6, 6.07) is 7.74. The number of non-ortho nitro benzene ring substituents is 1. The number of alkyl halides is 3. The van der Waals surface area contributed by atoms with Crippen molar-refractivity contribution < 1.29 is 32.1 Å². The van der Waals surface area contributed by atoms with E-state index in [-0.39, 0.29) is 36.0 Å². The van der Waals surface area contributed by atoms with E-state index in [1.54, 1.807) is 18.2 Å². The number of carbonyl (C=O) groups is 2. The molecule has 0 atom stereocenters. The number of nitro groups is 1. The number of amides is 2. The number of nitrogens with zero attached hydrogens (tertiary/aromatic N) is 2. The molecule has 8 nitrogen and oxygen atoms in total. The molecule has 1 heterocycles. The van der Waals surface area contributed by atoms with Gasteiger partial charge in [-0.2, -0.15) is 13.2 Å². The van der Waals surface area contributed by atoms with Crippen LogP contribution in [0, 0.1) is 15.9 Å². The molecule has 2 amide bonds. The first-order chi connectivity index (χ1) is 16.0. The Labute approximate surface area is 193 Å². The number of hydrogen-bond donors (Lipinski definition) is 2. The van der Waals surface area contributed by atoms with Crippen molar-refractivity contribution in [1.82, 2.24) is 15.6 Å². The zero-order valence-electron chi connectivity index (χ0n) is 17.2. The van der Waals surface area contributed by atoms with Crippen molar-refractivity contribution in [1.29, 1.82) is 0 Å². The predicted molar refractivity (Wildman–Crippen MR) is 114 cm³/mol. The lowest BCUT2D eigenvalue weighted by Crippen LogP contribution is -2.26. The van der Waals surface area contributed by atoms with Crippen molar-refractivity contribution in [3.63, 3.8) is 0 Å². The van der Waals surface area contributed by atoms with Gasteiger partial charge in [0.05, 0.1) is 17.0 Å². The van der Waals surface area contributed by atoms with Gasteiger partial charge in [0.1, 0.15) is 16.5 Å². The molecule has 0 saturated heterocycles. The van der Waals surface area contributed by atoms with Crippen LogP contribution in [0.15, 0.2) is 47.8 Å². The SMILES string of the molecule is O=C(NCc1nc(C(=O)NCCc2ccccc2F)cs1)c1cc([N+](=O)[O-])cc(C(F)(F)F)c1. The van der Waals surface area contributed by atoms with Gasteiger partial charge in [-0.3, -0.25) is 19.7 Å². The lowest BCUT2D eigenvalue weighted by atomic mass is 10.1. The Morgan fingerprint density at radius 2 is 1.82 bits per heavy atom. The molecule has 0 spiro atoms. The number of thiazole rings is 1. The Bertz CT molecular complexity index is 1230. The van der Waals surface area contributed by atoms with Crippen molar-refractivity contribution >= 4 is 28.8 Å². The van der Waals surface area contributed by atoms with Crippen LogP contribution < -0.4 is 10.6 Å². The maximum Gasteiger partial charge on any atom is 0.416 e. The summed E-state index contributed by atoms with van der Waals surface area (Å²) >= 11 is 1.03. The van der Waals surface area contributed by atoms with Gasteiger partial charge in [0.25, 0.3) is 17.5 Å². The predicted octanol–water partition coefficient (Wildman–Crippen LogP) is 4.11. The third-order valence-electron chi connectivity index (χ3n) is 4.54. The molecule has 0 radical (unpaired) electrons. The molecule has 178 valence electrons. The van der Waals surface area contributed by atoms with Gasteiger partial charge in [0, 0.05) is 29.6 Å². The second kappa shape index (κ2) is 10.4. The van der Waals surface area contributed by atoms with Crippen molar-refractivity contribution in [3.8, 4) is 0 Å². The van der Waals surface area contributed by atoms with Crippen LogP contribution in [0.5, 0.6) is 0 Å². The highest BCUT2D eigenvalue weighted by molar-refractivity contribution is 7.09. The van der Waals surface area contributed by atoms with Crippen molar-refractivity contribution in [2.45, 2.75) is 19.1 Å². The monoisotopic (exact) mass is 496 g/mol. The molecule has 2 N–H and O–H groups in total. The zero-order valence-corrected chi connectivity index (χ0v) is 18.0. The van der Waals surface area contributed by atoms with Gasteiger partial charge in [0.15, 0.2) is 0 Å². The van der Waals surface area contributed by atoms with Crippen LogP contribution in [-0.4, -0.2) is 28.3 Å². The van der Waals surface area contributed by atoms with Crippen LogP contribution in [0.3, 0.4) is 0 Å². The van der Waals surface area contributed by atoms with Gasteiger partial charge < -0.3 is 10.6 Å². The summed E-state index contributed by atoms with van der Waals surface area (Å²) in [6.45, 7) is -0.0479. The number of benzene rings is 2. The summed E-state index contributed by atoms with van der Waals surface area (Å²) in [5, 5.41) is 17.6. The molecule has 3 aromatic rings. The lowest BCUT2D eigenvalue weighted by Gasteiger charge is -2.09. The zero-order chi connectivity index (χ0) is 24.9. The Morgan fingerprint density at radius 3 is 2.50 bits per heavy atom. The van der Waals surface area contributed by atoms with Crippen molar-refractivity contribution in [2.75, 3.05) is 6.54 Å². The van der Waals surface area contributed by atoms with E-state index < -0.39 is 39.7 Å². The van der Waals surface area contributed by atoms with E-state index in [2.05, 4.69) is 15.6 Å². The molecule has 0 bridgehead atoms. The largest absolute Gasteiger partial charge is 0.416 e. The van der Waals surface area contributed by atoms with E-state index in [9.17, 15) is 37.3 Å². The second-order valence-corrected chi connectivity index (χ2v) is 7.87. The smallest absolute Gasteiger partial charge is 0.350 e. The third kappa shape index (κ3) is 6.34. The van der Waals surface area contributed by atoms with Gasteiger partial charge >= 0.3 is 6.18 Å². The van der Waals surface area contributed by atoms with E-state index in [1.807, 2.05) is 0 Å². The summed E-state index contributed by atoms with van der Waals surface area (Å²) in [7, 11) is 0. The number of rotatable bonds is 8. The topological polar surface area (TPSA) is 114 Å². The molecule has 3 rings (SSSR count). The fourth-order valence-corrected chi connectivity index (χ4v) is 3.58. The number of hydrogen-bond acceptors (Lipinski definition) is 6. The molecular weight excluding hydrogens is 480 g/mol. The Kier molecular flexibility index (Phi) is 7.56. The van der Waals surface area contributed by atoms with E-state index in [1.165, 1.54) is 11.4 Å². The number of nitro benzene ring substituents is 1. The van der Waals surface area contributed by atoms with Crippen molar-refractivity contribution in [2.24, 2.45) is 0 Å². The van der Waals surface area contributed by atoms with E-state index >= 15 is 0 Å². The summed E-state index contributed by atoms with van der Waals surface area (Å²) in [6.07, 6.45) is -4.60. The van der Waals surface area contributed by atoms with Gasteiger partial charge in [-0.05, 0) is 24.1 Å². The summed E-state index contributed by atoms with van der Waals surface area (Å²) in [5.74, 6) is -1.87. The molecule has 0 saturated carbocycles. The number of aromatic nitrogens is 1. The number of halogens is 4. The highest BCUT2D eigenvalue weighted by Gasteiger charge is 2.33. The molecular formula is C21H16F4N4O4S. The van der Waals surface area contributed by atoms with Crippen LogP contribution in [0.2, 0.25) is 0 Å². The highest BCUT2D eigenvalue weighted by Crippen LogP contribution is 2.32. The minimum Gasteiger partial charge on any atom is -0.350 e. The van der Waals surface area contributed by atoms with Gasteiger partial charge in [-0.1, -0.05) is 18.2 Å². The molecule has 0 aliphatic heterocycles. The molecule has 13 heteroatoms. The van der Waals surface area contributed by atoms with E-state index in [4.69, 9.17) is 0 Å². The van der Waals surface area contributed by atoms with Crippen LogP contribution in [0.1, 0.15) is 37.0 Å². The minimum absolute atomic E-state index is 0.0532. The first-order valence-electron chi connectivity index (χ1n) is 9.65. The Hall–Kier alpha value is -3.87. The highest BCUT2D eigenvalue weighted by atomic mass is 32.1. The average molecular weight is 496 g/mol. The standard InChI is InChI=1S/C21H16F4N4O4S/c22-16-4-2-1-3-12(16)5-6-26-20(31)17-11-34-18(28-17)10-27-19(30)13-7-14(21(23,24)25)9-15(8-13)29(32)33/h1-4,7-9,11H,5-6,10H2,(H,26,31)(H,27,30). The van der Waals surface area contributed by atoms with Gasteiger partial charge in [-0.25, -0.2) is 9.37 Å². The number of carbonyl (C=O) groups excluding carboxylic acids is 2. The Morgan fingerprint density at radius 1 is 1.09 bits per heavy atom. The van der Waals surface area contributed by atoms with Gasteiger partial charge in [-0.15, -0.1) is 11.3 Å². The first kappa shape index (κ1) is 24.8. The molecule has 0 fully saturated rings. The summed E-state index contributed by atoms with van der Waals surface area (Å²) < 4.78 is 52.6. The normalized spacial score (nSPS) is 11.2. The first-order valence-corrected chi connectivity index (χ1v) is 10.5. The van der Waals surface area contributed by atoms with Crippen LogP contribution in [0.25, 0.3) is 0 Å². The molecule has 2 aromatic carbocycles. The Balaban J connectivity index is 1.58. The quantitative estimate of drug-likeness (QED) is 0.277. The third-order valence-corrected chi connectivity index (χ3v) is 5.39. The number of nitrogens with one attached hydrogen (secondary N) is 2. The fourth-order valence-electron chi connectivity index (χ4n) is 2.87. The second-order valence-electron chi connectivity index (χ2n) is 6.93. The van der Waals surface area contributed by atoms with E-state index in [0.717, 1.165) is 17.4 Å². The fraction of sp³-hybridized carbons (Fsp3) is 0.190. The van der Waals surface area contributed by atoms with E-state index in [0.29, 0.717) is 17.7 Å². The summed E-state index contributed by atoms with van der Waals surface area (Å²) in [5.41, 5.74) is -2.24. The van der Waals surface area contributed by atoms with Crippen LogP contribution in [0.4, 0.5) is 23.2 Å². The van der Waals surface area contributed by atoms with Crippen molar-refractivity contribution in [3.05, 3.63) is 91.2 Å². The lowest BCUT2D eigenvalue weighted by molar-refractivity contribution is -0.385. The van der Waals surface area contributed by atoms with Crippen LogP contribution >= 0.6 is 11.3 Å². The molecule has 0 unspecified atom stereocenters. The maximum absolute atomic E-state index is 13.6. The van der Waals surface area contributed by atoms with Gasteiger partial charge in [0.2, 0.25) is 0 Å². The van der Waals surface area contributed by atoms with Crippen LogP contribution in [-0.2, 0) is 19.1 Å². The molecule has 0 aliphatic carbocycles. The molecule has 0 aliphatic rings. The minimum atomic E-state index is -4.87. The molecule has 1 aromatic heterocycles.